The molecule has 3 aliphatic rings. The van der Waals surface area contributed by atoms with Gasteiger partial charge in [-0.15, -0.1) is 0 Å². The molecule has 106 valence electrons. The Kier molecular flexibility index (Phi) is 4.09. The number of aliphatic hydroxyl groups excluding tert-OH is 1. The first kappa shape index (κ1) is 13.4. The van der Waals surface area contributed by atoms with Crippen molar-refractivity contribution in [3.63, 3.8) is 0 Å². The number of rotatable bonds is 2. The largest absolute Gasteiger partial charge is 0.392 e. The molecule has 0 saturated carbocycles. The molecule has 1 unspecified atom stereocenters. The average Bonchev–Trinajstić information content (AvgIpc) is 2.42. The van der Waals surface area contributed by atoms with Crippen LogP contribution in [0.5, 0.6) is 0 Å². The summed E-state index contributed by atoms with van der Waals surface area (Å²) < 4.78 is 0. The Morgan fingerprint density at radius 3 is 2.63 bits per heavy atom. The Morgan fingerprint density at radius 1 is 1.16 bits per heavy atom. The Morgan fingerprint density at radius 2 is 1.89 bits per heavy atom. The van der Waals surface area contributed by atoms with Crippen LogP contribution < -0.4 is 0 Å². The van der Waals surface area contributed by atoms with Crippen molar-refractivity contribution in [3.05, 3.63) is 23.3 Å². The zero-order valence-corrected chi connectivity index (χ0v) is 12.1. The van der Waals surface area contributed by atoms with Gasteiger partial charge in [0.25, 0.3) is 0 Å². The van der Waals surface area contributed by atoms with Gasteiger partial charge in [-0.3, -0.25) is 0 Å². The Bertz CT molecular complexity index is 385. The molecule has 0 aromatic carbocycles. The lowest BCUT2D eigenvalue weighted by Gasteiger charge is -2.39. The molecule has 0 bridgehead atoms. The molecule has 0 radical (unpaired) electrons. The van der Waals surface area contributed by atoms with Crippen molar-refractivity contribution < 1.29 is 5.11 Å². The molecule has 3 atom stereocenters. The van der Waals surface area contributed by atoms with E-state index < -0.39 is 0 Å². The summed E-state index contributed by atoms with van der Waals surface area (Å²) in [7, 11) is 2.26. The van der Waals surface area contributed by atoms with Crippen molar-refractivity contribution in [2.75, 3.05) is 13.6 Å². The van der Waals surface area contributed by atoms with E-state index in [9.17, 15) is 5.11 Å². The highest BCUT2D eigenvalue weighted by atomic mass is 16.3. The number of hydrogen-bond acceptors (Lipinski definition) is 2. The van der Waals surface area contributed by atoms with E-state index in [1.54, 1.807) is 5.57 Å². The molecule has 1 heterocycles. The van der Waals surface area contributed by atoms with Crippen LogP contribution in [-0.2, 0) is 0 Å². The van der Waals surface area contributed by atoms with E-state index in [-0.39, 0.29) is 6.10 Å². The molecule has 0 spiro atoms. The third kappa shape index (κ3) is 2.95. The summed E-state index contributed by atoms with van der Waals surface area (Å²) in [6.07, 6.45) is 14.0. The highest BCUT2D eigenvalue weighted by Gasteiger charge is 2.32. The van der Waals surface area contributed by atoms with Gasteiger partial charge in [-0.05, 0) is 64.5 Å². The number of likely N-dealkylation sites (tertiary alicyclic amines) is 1. The quantitative estimate of drug-likeness (QED) is 0.771. The van der Waals surface area contributed by atoms with Crippen molar-refractivity contribution in [3.8, 4) is 0 Å². The summed E-state index contributed by atoms with van der Waals surface area (Å²) in [6.45, 7) is 1.24. The molecule has 19 heavy (non-hydrogen) atoms. The molecule has 0 aromatic heterocycles. The van der Waals surface area contributed by atoms with Crippen LogP contribution in [0.4, 0.5) is 0 Å². The summed E-state index contributed by atoms with van der Waals surface area (Å²) in [4.78, 5) is 2.51. The van der Waals surface area contributed by atoms with Crippen molar-refractivity contribution in [2.45, 2.75) is 63.5 Å². The van der Waals surface area contributed by atoms with Crippen LogP contribution in [-0.4, -0.2) is 35.7 Å². The van der Waals surface area contributed by atoms with Crippen LogP contribution in [0.3, 0.4) is 0 Å². The van der Waals surface area contributed by atoms with Crippen molar-refractivity contribution in [1.82, 2.24) is 4.90 Å². The molecule has 1 aliphatic heterocycles. The second-order valence-electron chi connectivity index (χ2n) is 6.69. The maximum atomic E-state index is 10.4. The van der Waals surface area contributed by atoms with Gasteiger partial charge < -0.3 is 10.0 Å². The fourth-order valence-electron chi connectivity index (χ4n) is 4.10. The summed E-state index contributed by atoms with van der Waals surface area (Å²) in [5.74, 6) is 0.496. The molecule has 1 N–H and O–H groups in total. The summed E-state index contributed by atoms with van der Waals surface area (Å²) in [5, 5.41) is 10.4. The van der Waals surface area contributed by atoms with E-state index in [0.29, 0.717) is 12.0 Å². The third-order valence-corrected chi connectivity index (χ3v) is 5.40. The maximum absolute atomic E-state index is 10.4. The van der Waals surface area contributed by atoms with Gasteiger partial charge in [-0.1, -0.05) is 29.7 Å². The van der Waals surface area contributed by atoms with E-state index in [4.69, 9.17) is 0 Å². The van der Waals surface area contributed by atoms with Gasteiger partial charge >= 0.3 is 0 Å². The first-order chi connectivity index (χ1) is 9.24. The maximum Gasteiger partial charge on any atom is 0.0609 e. The minimum absolute atomic E-state index is 0.0967. The number of piperidine rings is 1. The van der Waals surface area contributed by atoms with E-state index in [2.05, 4.69) is 24.1 Å². The second kappa shape index (κ2) is 5.80. The van der Waals surface area contributed by atoms with Gasteiger partial charge in [-0.25, -0.2) is 0 Å². The molecule has 2 heteroatoms. The topological polar surface area (TPSA) is 23.5 Å². The van der Waals surface area contributed by atoms with Crippen LogP contribution in [0, 0.1) is 5.92 Å². The van der Waals surface area contributed by atoms with Crippen LogP contribution in [0.1, 0.15) is 51.4 Å². The van der Waals surface area contributed by atoms with Gasteiger partial charge in [0.1, 0.15) is 0 Å². The van der Waals surface area contributed by atoms with Gasteiger partial charge in [0.15, 0.2) is 0 Å². The lowest BCUT2D eigenvalue weighted by Crippen LogP contribution is -2.40. The molecule has 1 saturated heterocycles. The van der Waals surface area contributed by atoms with Crippen molar-refractivity contribution in [2.24, 2.45) is 5.92 Å². The normalized spacial score (nSPS) is 36.4. The Balaban J connectivity index is 1.63. The highest BCUT2D eigenvalue weighted by Crippen LogP contribution is 2.39. The summed E-state index contributed by atoms with van der Waals surface area (Å²) >= 11 is 0. The second-order valence-corrected chi connectivity index (χ2v) is 6.69. The molecule has 0 amide bonds. The summed E-state index contributed by atoms with van der Waals surface area (Å²) in [5.41, 5.74) is 3.17. The van der Waals surface area contributed by atoms with Crippen LogP contribution in [0.25, 0.3) is 0 Å². The SMILES string of the molecule is CN1CCCCC1C[C@@H]1CC2=C(CC=CC2)C[C@H]1O. The predicted molar refractivity (Wildman–Crippen MR) is 79.0 cm³/mol. The average molecular weight is 261 g/mol. The predicted octanol–water partition coefficient (Wildman–Crippen LogP) is 3.28. The zero-order valence-electron chi connectivity index (χ0n) is 12.1. The standard InChI is InChI=1S/C17H27NO/c1-18-9-5-4-8-16(18)11-15-10-13-6-2-3-7-14(13)12-17(15)19/h2-3,15-17,19H,4-12H2,1H3/t15-,16?,17+/m0/s1. The fraction of sp³-hybridized carbons (Fsp3) is 0.765. The molecule has 2 aliphatic carbocycles. The number of aliphatic hydroxyl groups is 1. The van der Waals surface area contributed by atoms with Crippen LogP contribution in [0.15, 0.2) is 23.3 Å². The lowest BCUT2D eigenvalue weighted by molar-refractivity contribution is 0.0637. The highest BCUT2D eigenvalue weighted by molar-refractivity contribution is 5.27. The van der Waals surface area contributed by atoms with Gasteiger partial charge in [0.2, 0.25) is 0 Å². The third-order valence-electron chi connectivity index (χ3n) is 5.40. The van der Waals surface area contributed by atoms with Gasteiger partial charge in [-0.2, -0.15) is 0 Å². The van der Waals surface area contributed by atoms with E-state index in [1.807, 2.05) is 0 Å². The number of allylic oxidation sites excluding steroid dienone is 3. The number of nitrogens with zero attached hydrogens (tertiary/aromatic N) is 1. The molecule has 2 nitrogen and oxygen atoms in total. The fourth-order valence-corrected chi connectivity index (χ4v) is 4.10. The van der Waals surface area contributed by atoms with Gasteiger partial charge in [0, 0.05) is 6.04 Å². The Labute approximate surface area is 117 Å². The van der Waals surface area contributed by atoms with E-state index in [1.165, 1.54) is 37.8 Å². The van der Waals surface area contributed by atoms with Crippen molar-refractivity contribution in [1.29, 1.82) is 0 Å². The lowest BCUT2D eigenvalue weighted by atomic mass is 9.75. The first-order valence-corrected chi connectivity index (χ1v) is 7.97. The monoisotopic (exact) mass is 261 g/mol. The summed E-state index contributed by atoms with van der Waals surface area (Å²) in [6, 6.07) is 0.703. The molecular weight excluding hydrogens is 234 g/mol. The first-order valence-electron chi connectivity index (χ1n) is 7.97. The zero-order chi connectivity index (χ0) is 13.2. The molecule has 3 rings (SSSR count). The minimum Gasteiger partial charge on any atom is -0.392 e. The molecular formula is C17H27NO. The van der Waals surface area contributed by atoms with E-state index >= 15 is 0 Å². The molecule has 0 aromatic rings. The van der Waals surface area contributed by atoms with Crippen molar-refractivity contribution >= 4 is 0 Å². The Hall–Kier alpha value is -0.600. The smallest absolute Gasteiger partial charge is 0.0609 e. The number of hydrogen-bond donors (Lipinski definition) is 1. The van der Waals surface area contributed by atoms with Gasteiger partial charge in [0.05, 0.1) is 6.10 Å². The minimum atomic E-state index is -0.0967. The molecule has 1 fully saturated rings. The van der Waals surface area contributed by atoms with E-state index in [0.717, 1.165) is 25.7 Å². The van der Waals surface area contributed by atoms with Crippen LogP contribution in [0.2, 0.25) is 0 Å². The van der Waals surface area contributed by atoms with Crippen LogP contribution >= 0.6 is 0 Å².